The van der Waals surface area contributed by atoms with Gasteiger partial charge in [-0.15, -0.1) is 11.3 Å². The molecule has 9 heteroatoms. The Morgan fingerprint density at radius 1 is 1.29 bits per heavy atom. The summed E-state index contributed by atoms with van der Waals surface area (Å²) in [5.74, 6) is 0.513. The maximum Gasteiger partial charge on any atom is 0.290 e. The fraction of sp³-hybridized carbons (Fsp3) is 0.158. The quantitative estimate of drug-likeness (QED) is 0.553. The fourth-order valence-corrected chi connectivity index (χ4v) is 3.63. The summed E-state index contributed by atoms with van der Waals surface area (Å²) in [7, 11) is 1.94. The molecule has 0 fully saturated rings. The molecular weight excluding hydrogens is 376 g/mol. The van der Waals surface area contributed by atoms with Crippen LogP contribution in [0.3, 0.4) is 0 Å². The van der Waals surface area contributed by atoms with E-state index < -0.39 is 5.56 Å². The number of nitrogens with one attached hydrogen (secondary N) is 1. The second-order valence-electron chi connectivity index (χ2n) is 6.39. The largest absolute Gasteiger partial charge is 0.394 e. The molecule has 0 unspecified atom stereocenters. The Hall–Kier alpha value is -3.46. The maximum absolute atomic E-state index is 12.5. The molecule has 0 aliphatic rings. The molecule has 3 N–H and O–H groups in total. The van der Waals surface area contributed by atoms with Crippen LogP contribution in [0, 0.1) is 6.92 Å². The van der Waals surface area contributed by atoms with E-state index in [1.807, 2.05) is 42.1 Å². The number of thiophene rings is 1. The third-order valence-corrected chi connectivity index (χ3v) is 5.35. The van der Waals surface area contributed by atoms with Crippen molar-refractivity contribution in [3.05, 3.63) is 58.0 Å². The summed E-state index contributed by atoms with van der Waals surface area (Å²) in [5.41, 5.74) is 8.31. The van der Waals surface area contributed by atoms with Crippen LogP contribution >= 0.6 is 11.3 Å². The van der Waals surface area contributed by atoms with Crippen molar-refractivity contribution in [2.75, 3.05) is 11.1 Å². The van der Waals surface area contributed by atoms with E-state index in [2.05, 4.69) is 15.4 Å². The molecule has 0 aliphatic heterocycles. The Morgan fingerprint density at radius 3 is 2.86 bits per heavy atom. The number of imidazole rings is 1. The van der Waals surface area contributed by atoms with Gasteiger partial charge in [0.2, 0.25) is 5.91 Å². The van der Waals surface area contributed by atoms with Gasteiger partial charge in [0, 0.05) is 12.7 Å². The average molecular weight is 394 g/mol. The first-order chi connectivity index (χ1) is 13.4. The van der Waals surface area contributed by atoms with Crippen molar-refractivity contribution in [3.63, 3.8) is 0 Å². The van der Waals surface area contributed by atoms with Crippen molar-refractivity contribution >= 4 is 39.7 Å². The zero-order valence-electron chi connectivity index (χ0n) is 15.3. The monoisotopic (exact) mass is 394 g/mol. The molecule has 0 atom stereocenters. The van der Waals surface area contributed by atoms with Crippen LogP contribution in [0.2, 0.25) is 0 Å². The number of amides is 1. The molecule has 4 aromatic rings. The number of rotatable bonds is 4. The summed E-state index contributed by atoms with van der Waals surface area (Å²) < 4.78 is 3.06. The number of nitrogen functional groups attached to an aromatic ring is 1. The van der Waals surface area contributed by atoms with Gasteiger partial charge in [-0.2, -0.15) is 5.10 Å². The Morgan fingerprint density at radius 2 is 2.11 bits per heavy atom. The van der Waals surface area contributed by atoms with Gasteiger partial charge in [-0.05, 0) is 42.6 Å². The molecule has 1 aromatic carbocycles. The number of nitrogens with zero attached hydrogens (tertiary/aromatic N) is 4. The molecular formula is C19H18N6O2S. The van der Waals surface area contributed by atoms with Crippen LogP contribution < -0.4 is 16.6 Å². The van der Waals surface area contributed by atoms with Gasteiger partial charge < -0.3 is 15.6 Å². The van der Waals surface area contributed by atoms with Crippen LogP contribution in [0.4, 0.5) is 11.4 Å². The molecule has 0 bridgehead atoms. The number of anilines is 2. The number of aromatic nitrogens is 4. The van der Waals surface area contributed by atoms with E-state index >= 15 is 0 Å². The standard InChI is InChI=1S/C19H18N6O2S/c1-11-21-14-8-12(5-6-16(14)24(11)2)22-18(26)10-25-19(27)13(20)9-15(23-25)17-4-3-7-28-17/h3-9H,10,20H2,1-2H3,(H,22,26). The van der Waals surface area contributed by atoms with Gasteiger partial charge in [-0.3, -0.25) is 9.59 Å². The molecule has 0 aliphatic carbocycles. The molecule has 4 rings (SSSR count). The predicted octanol–water partition coefficient (Wildman–Crippen LogP) is 2.39. The molecule has 0 saturated carbocycles. The van der Waals surface area contributed by atoms with E-state index in [1.165, 1.54) is 17.4 Å². The Kier molecular flexibility index (Phi) is 4.44. The first kappa shape index (κ1) is 17.9. The molecule has 8 nitrogen and oxygen atoms in total. The topological polar surface area (TPSA) is 108 Å². The molecule has 1 amide bonds. The van der Waals surface area contributed by atoms with E-state index in [0.717, 1.165) is 26.4 Å². The van der Waals surface area contributed by atoms with Gasteiger partial charge in [0.15, 0.2) is 0 Å². The van der Waals surface area contributed by atoms with Crippen molar-refractivity contribution in [1.82, 2.24) is 19.3 Å². The minimum absolute atomic E-state index is 0.0524. The average Bonchev–Trinajstić information content (AvgIpc) is 3.28. The minimum Gasteiger partial charge on any atom is -0.394 e. The van der Waals surface area contributed by atoms with Crippen molar-refractivity contribution < 1.29 is 4.79 Å². The first-order valence-electron chi connectivity index (χ1n) is 8.57. The lowest BCUT2D eigenvalue weighted by atomic mass is 10.2. The first-order valence-corrected chi connectivity index (χ1v) is 9.45. The van der Waals surface area contributed by atoms with Crippen LogP contribution in [0.15, 0.2) is 46.6 Å². The van der Waals surface area contributed by atoms with Crippen molar-refractivity contribution in [1.29, 1.82) is 0 Å². The third-order valence-electron chi connectivity index (χ3n) is 4.46. The Bertz CT molecular complexity index is 1240. The summed E-state index contributed by atoms with van der Waals surface area (Å²) in [4.78, 5) is 30.1. The number of benzene rings is 1. The molecule has 3 aromatic heterocycles. The summed E-state index contributed by atoms with van der Waals surface area (Å²) >= 11 is 1.48. The lowest BCUT2D eigenvalue weighted by molar-refractivity contribution is -0.117. The number of aryl methyl sites for hydroxylation is 2. The van der Waals surface area contributed by atoms with E-state index in [-0.39, 0.29) is 18.1 Å². The van der Waals surface area contributed by atoms with Crippen molar-refractivity contribution in [2.45, 2.75) is 13.5 Å². The summed E-state index contributed by atoms with van der Waals surface area (Å²) in [6, 6.07) is 10.8. The molecule has 0 saturated heterocycles. The van der Waals surface area contributed by atoms with Crippen molar-refractivity contribution in [2.24, 2.45) is 7.05 Å². The van der Waals surface area contributed by atoms with Crippen LogP contribution in [0.1, 0.15) is 5.82 Å². The molecule has 28 heavy (non-hydrogen) atoms. The minimum atomic E-state index is -0.494. The van der Waals surface area contributed by atoms with Gasteiger partial charge >= 0.3 is 0 Å². The number of hydrogen-bond acceptors (Lipinski definition) is 6. The van der Waals surface area contributed by atoms with Gasteiger partial charge in [-0.25, -0.2) is 9.67 Å². The highest BCUT2D eigenvalue weighted by Gasteiger charge is 2.13. The molecule has 3 heterocycles. The smallest absolute Gasteiger partial charge is 0.290 e. The normalized spacial score (nSPS) is 11.1. The maximum atomic E-state index is 12.5. The molecule has 0 radical (unpaired) electrons. The summed E-state index contributed by atoms with van der Waals surface area (Å²) in [6.45, 7) is 1.68. The fourth-order valence-electron chi connectivity index (χ4n) is 2.95. The van der Waals surface area contributed by atoms with E-state index in [0.29, 0.717) is 11.4 Å². The number of hydrogen-bond donors (Lipinski definition) is 2. The second kappa shape index (κ2) is 6.93. The van der Waals surface area contributed by atoms with Gasteiger partial charge in [0.05, 0.1) is 15.9 Å². The molecule has 142 valence electrons. The number of carbonyl (C=O) groups excluding carboxylic acids is 1. The lowest BCUT2D eigenvalue weighted by Gasteiger charge is -2.09. The third kappa shape index (κ3) is 3.27. The zero-order valence-corrected chi connectivity index (χ0v) is 16.2. The number of carbonyl (C=O) groups is 1. The van der Waals surface area contributed by atoms with Crippen molar-refractivity contribution in [3.8, 4) is 10.6 Å². The van der Waals surface area contributed by atoms with Crippen LogP contribution in [-0.4, -0.2) is 25.2 Å². The van der Waals surface area contributed by atoms with E-state index in [1.54, 1.807) is 12.1 Å². The predicted molar refractivity (Wildman–Crippen MR) is 110 cm³/mol. The van der Waals surface area contributed by atoms with Crippen LogP contribution in [0.5, 0.6) is 0 Å². The highest BCUT2D eigenvalue weighted by Crippen LogP contribution is 2.23. The molecule has 0 spiro atoms. The number of fused-ring (bicyclic) bond motifs is 1. The Labute approximate surface area is 164 Å². The van der Waals surface area contributed by atoms with Gasteiger partial charge in [0.25, 0.3) is 5.56 Å². The van der Waals surface area contributed by atoms with Gasteiger partial charge in [-0.1, -0.05) is 6.07 Å². The van der Waals surface area contributed by atoms with Gasteiger partial charge in [0.1, 0.15) is 23.8 Å². The van der Waals surface area contributed by atoms with E-state index in [9.17, 15) is 9.59 Å². The summed E-state index contributed by atoms with van der Waals surface area (Å²) in [5, 5.41) is 8.97. The second-order valence-corrected chi connectivity index (χ2v) is 7.34. The van der Waals surface area contributed by atoms with E-state index in [4.69, 9.17) is 5.73 Å². The zero-order chi connectivity index (χ0) is 19.8. The summed E-state index contributed by atoms with van der Waals surface area (Å²) in [6.07, 6.45) is 0. The van der Waals surface area contributed by atoms with Crippen LogP contribution in [0.25, 0.3) is 21.6 Å². The number of nitrogens with two attached hydrogens (primary N) is 1. The highest BCUT2D eigenvalue weighted by atomic mass is 32.1. The highest BCUT2D eigenvalue weighted by molar-refractivity contribution is 7.13. The lowest BCUT2D eigenvalue weighted by Crippen LogP contribution is -2.31. The SMILES string of the molecule is Cc1nc2cc(NC(=O)Cn3nc(-c4cccs4)cc(N)c3=O)ccc2n1C. The Balaban J connectivity index is 1.58. The van der Waals surface area contributed by atoms with Crippen LogP contribution in [-0.2, 0) is 18.4 Å².